The SMILES string of the molecule is CCOc1cc(C(=O)O)cc2c1nc(CN1CCC(c3cccc4c3OC[C@H](c3ccc(Cl)cc3F)O4)CC1)n2C. The molecule has 1 fully saturated rings. The number of rotatable bonds is 7. The lowest BCUT2D eigenvalue weighted by Crippen LogP contribution is -2.33. The molecule has 1 atom stereocenters. The maximum absolute atomic E-state index is 14.5. The summed E-state index contributed by atoms with van der Waals surface area (Å²) in [6.07, 6.45) is 1.33. The molecule has 0 amide bonds. The van der Waals surface area contributed by atoms with Gasteiger partial charge in [0, 0.05) is 23.2 Å². The van der Waals surface area contributed by atoms with Crippen LogP contribution < -0.4 is 14.2 Å². The Labute approximate surface area is 242 Å². The second-order valence-electron chi connectivity index (χ2n) is 10.5. The van der Waals surface area contributed by atoms with E-state index in [2.05, 4.69) is 11.0 Å². The summed E-state index contributed by atoms with van der Waals surface area (Å²) in [7, 11) is 1.91. The minimum absolute atomic E-state index is 0.179. The summed E-state index contributed by atoms with van der Waals surface area (Å²) in [6, 6.07) is 13.7. The standard InChI is InChI=1S/C31H31ClFN3O5/c1-3-39-26-14-19(31(37)38)13-24-29(26)34-28(35(24)2)16-36-11-9-18(10-12-36)21-5-4-6-25-30(21)40-17-27(41-25)22-8-7-20(32)15-23(22)33/h4-8,13-15,18,27H,3,9-12,16-17H2,1-2H3,(H,37,38)/t27-/m1/s1. The van der Waals surface area contributed by atoms with Crippen molar-refractivity contribution in [1.29, 1.82) is 0 Å². The first-order valence-corrected chi connectivity index (χ1v) is 14.1. The van der Waals surface area contributed by atoms with Gasteiger partial charge in [0.25, 0.3) is 0 Å². The number of aryl methyl sites for hydroxylation is 1. The van der Waals surface area contributed by atoms with Gasteiger partial charge in [-0.1, -0.05) is 29.8 Å². The highest BCUT2D eigenvalue weighted by molar-refractivity contribution is 6.30. The van der Waals surface area contributed by atoms with Crippen LogP contribution in [0.1, 0.15) is 59.1 Å². The highest BCUT2D eigenvalue weighted by Crippen LogP contribution is 2.44. The van der Waals surface area contributed by atoms with E-state index in [1.807, 2.05) is 30.7 Å². The maximum atomic E-state index is 14.5. The number of hydrogen-bond acceptors (Lipinski definition) is 6. The maximum Gasteiger partial charge on any atom is 0.335 e. The molecule has 2 aliphatic heterocycles. The van der Waals surface area contributed by atoms with Crippen LogP contribution in [-0.2, 0) is 13.6 Å². The van der Waals surface area contributed by atoms with Crippen LogP contribution in [0.15, 0.2) is 48.5 Å². The molecule has 0 unspecified atom stereocenters. The predicted molar refractivity (Wildman–Crippen MR) is 153 cm³/mol. The molecule has 6 rings (SSSR count). The van der Waals surface area contributed by atoms with Gasteiger partial charge >= 0.3 is 5.97 Å². The Bertz CT molecular complexity index is 1620. The van der Waals surface area contributed by atoms with E-state index in [1.54, 1.807) is 18.2 Å². The molecule has 1 N–H and O–H groups in total. The number of carboxylic acids is 1. The average Bonchev–Trinajstić information content (AvgIpc) is 3.28. The number of halogens is 2. The molecule has 10 heteroatoms. The minimum atomic E-state index is -0.997. The minimum Gasteiger partial charge on any atom is -0.492 e. The first-order valence-electron chi connectivity index (χ1n) is 13.8. The van der Waals surface area contributed by atoms with Gasteiger partial charge in [-0.25, -0.2) is 14.2 Å². The summed E-state index contributed by atoms with van der Waals surface area (Å²) in [5.41, 5.74) is 3.13. The quantitative estimate of drug-likeness (QED) is 0.273. The molecule has 0 spiro atoms. The Morgan fingerprint density at radius 3 is 2.71 bits per heavy atom. The van der Waals surface area contributed by atoms with Gasteiger partial charge in [-0.2, -0.15) is 0 Å². The van der Waals surface area contributed by atoms with Crippen molar-refractivity contribution < 1.29 is 28.5 Å². The Morgan fingerprint density at radius 1 is 1.17 bits per heavy atom. The molecule has 0 bridgehead atoms. The molecule has 0 saturated carbocycles. The second kappa shape index (κ2) is 11.2. The average molecular weight is 580 g/mol. The monoisotopic (exact) mass is 579 g/mol. The van der Waals surface area contributed by atoms with Gasteiger partial charge in [0.2, 0.25) is 0 Å². The van der Waals surface area contributed by atoms with Gasteiger partial charge < -0.3 is 23.9 Å². The molecule has 214 valence electrons. The topological polar surface area (TPSA) is 86.1 Å². The summed E-state index contributed by atoms with van der Waals surface area (Å²) in [6.45, 7) is 4.90. The van der Waals surface area contributed by atoms with Crippen LogP contribution in [0.2, 0.25) is 5.02 Å². The fraction of sp³-hybridized carbons (Fsp3) is 0.355. The molecule has 1 saturated heterocycles. The van der Waals surface area contributed by atoms with Crippen molar-refractivity contribution in [3.63, 3.8) is 0 Å². The second-order valence-corrected chi connectivity index (χ2v) is 10.9. The van der Waals surface area contributed by atoms with E-state index < -0.39 is 17.9 Å². The third-order valence-corrected chi connectivity index (χ3v) is 8.19. The van der Waals surface area contributed by atoms with Crippen LogP contribution in [0, 0.1) is 5.82 Å². The first kappa shape index (κ1) is 27.4. The number of hydrogen-bond donors (Lipinski definition) is 1. The van der Waals surface area contributed by atoms with E-state index in [1.165, 1.54) is 12.1 Å². The van der Waals surface area contributed by atoms with Crippen LogP contribution >= 0.6 is 11.6 Å². The van der Waals surface area contributed by atoms with Crippen molar-refractivity contribution >= 4 is 28.6 Å². The summed E-state index contributed by atoms with van der Waals surface area (Å²) < 4.78 is 34.5. The molecule has 2 aliphatic rings. The molecular formula is C31H31ClFN3O5. The van der Waals surface area contributed by atoms with Gasteiger partial charge in [-0.05, 0) is 69.1 Å². The zero-order valence-corrected chi connectivity index (χ0v) is 23.7. The number of ether oxygens (including phenoxy) is 3. The van der Waals surface area contributed by atoms with Crippen molar-refractivity contribution in [2.24, 2.45) is 7.05 Å². The highest BCUT2D eigenvalue weighted by atomic mass is 35.5. The summed E-state index contributed by atoms with van der Waals surface area (Å²) in [4.78, 5) is 18.8. The Morgan fingerprint density at radius 2 is 1.98 bits per heavy atom. The Kier molecular flexibility index (Phi) is 7.48. The molecule has 41 heavy (non-hydrogen) atoms. The molecule has 0 radical (unpaired) electrons. The first-order chi connectivity index (χ1) is 19.8. The summed E-state index contributed by atoms with van der Waals surface area (Å²) >= 11 is 5.91. The normalized spacial score (nSPS) is 17.6. The number of aromatic nitrogens is 2. The number of benzene rings is 3. The number of imidazole rings is 1. The number of aromatic carboxylic acids is 1. The van der Waals surface area contributed by atoms with Gasteiger partial charge in [-0.15, -0.1) is 0 Å². The lowest BCUT2D eigenvalue weighted by Gasteiger charge is -2.34. The third kappa shape index (κ3) is 5.31. The molecule has 0 aliphatic carbocycles. The van der Waals surface area contributed by atoms with Crippen molar-refractivity contribution in [3.05, 3.63) is 81.9 Å². The van der Waals surface area contributed by atoms with Crippen LogP contribution in [-0.4, -0.2) is 51.8 Å². The van der Waals surface area contributed by atoms with Crippen molar-refractivity contribution in [1.82, 2.24) is 14.5 Å². The van der Waals surface area contributed by atoms with Crippen LogP contribution in [0.5, 0.6) is 17.2 Å². The lowest BCUT2D eigenvalue weighted by molar-refractivity contribution is 0.0696. The van der Waals surface area contributed by atoms with Gasteiger partial charge in [0.1, 0.15) is 29.5 Å². The number of likely N-dealkylation sites (tertiary alicyclic amines) is 1. The largest absolute Gasteiger partial charge is 0.492 e. The lowest BCUT2D eigenvalue weighted by atomic mass is 9.88. The number of carboxylic acid groups (broad SMARTS) is 1. The van der Waals surface area contributed by atoms with E-state index in [0.717, 1.165) is 48.6 Å². The zero-order valence-electron chi connectivity index (χ0n) is 22.9. The number of piperidine rings is 1. The molecule has 8 nitrogen and oxygen atoms in total. The number of fused-ring (bicyclic) bond motifs is 2. The van der Waals surface area contributed by atoms with E-state index in [9.17, 15) is 14.3 Å². The van der Waals surface area contributed by atoms with E-state index in [-0.39, 0.29) is 12.2 Å². The fourth-order valence-corrected chi connectivity index (χ4v) is 5.96. The summed E-state index contributed by atoms with van der Waals surface area (Å²) in [5.74, 6) is 1.61. The van der Waals surface area contributed by atoms with Gasteiger partial charge in [0.05, 0.1) is 24.2 Å². The molecular weight excluding hydrogens is 549 g/mol. The van der Waals surface area contributed by atoms with Crippen LogP contribution in [0.4, 0.5) is 4.39 Å². The van der Waals surface area contributed by atoms with Gasteiger partial charge in [0.15, 0.2) is 17.6 Å². The predicted octanol–water partition coefficient (Wildman–Crippen LogP) is 6.35. The smallest absolute Gasteiger partial charge is 0.335 e. The van der Waals surface area contributed by atoms with Crippen molar-refractivity contribution in [2.45, 2.75) is 38.3 Å². The molecule has 3 heterocycles. The van der Waals surface area contributed by atoms with E-state index in [4.69, 9.17) is 30.8 Å². The van der Waals surface area contributed by atoms with Gasteiger partial charge in [-0.3, -0.25) is 4.90 Å². The zero-order chi connectivity index (χ0) is 28.7. The van der Waals surface area contributed by atoms with E-state index in [0.29, 0.717) is 46.7 Å². The number of para-hydroxylation sites is 1. The van der Waals surface area contributed by atoms with Crippen molar-refractivity contribution in [3.8, 4) is 17.2 Å². The molecule has 3 aromatic carbocycles. The number of nitrogens with zero attached hydrogens (tertiary/aromatic N) is 3. The number of carbonyl (C=O) groups is 1. The van der Waals surface area contributed by atoms with E-state index >= 15 is 0 Å². The highest BCUT2D eigenvalue weighted by Gasteiger charge is 2.31. The fourth-order valence-electron chi connectivity index (χ4n) is 5.80. The summed E-state index contributed by atoms with van der Waals surface area (Å²) in [5, 5.41) is 9.89. The van der Waals surface area contributed by atoms with Crippen LogP contribution in [0.25, 0.3) is 11.0 Å². The molecule has 1 aromatic heterocycles. The van der Waals surface area contributed by atoms with Crippen LogP contribution in [0.3, 0.4) is 0 Å². The third-order valence-electron chi connectivity index (χ3n) is 7.95. The molecule has 4 aromatic rings. The Hall–Kier alpha value is -3.82. The van der Waals surface area contributed by atoms with Crippen molar-refractivity contribution in [2.75, 3.05) is 26.3 Å². The Balaban J connectivity index is 1.15.